The van der Waals surface area contributed by atoms with E-state index >= 15 is 0 Å². The van der Waals surface area contributed by atoms with Crippen molar-refractivity contribution in [3.63, 3.8) is 0 Å². The van der Waals surface area contributed by atoms with Gasteiger partial charge in [-0.2, -0.15) is 0 Å². The zero-order valence-electron chi connectivity index (χ0n) is 19.4. The highest BCUT2D eigenvalue weighted by Crippen LogP contribution is 2.50. The van der Waals surface area contributed by atoms with Crippen LogP contribution in [0.2, 0.25) is 0 Å². The predicted molar refractivity (Wildman–Crippen MR) is 133 cm³/mol. The second-order valence-electron chi connectivity index (χ2n) is 8.05. The molecule has 0 amide bonds. The van der Waals surface area contributed by atoms with Crippen molar-refractivity contribution in [1.29, 1.82) is 0 Å². The van der Waals surface area contributed by atoms with Gasteiger partial charge in [0.25, 0.3) is 0 Å². The molecule has 0 saturated carbocycles. The minimum Gasteiger partial charge on any atom is -0.508 e. The van der Waals surface area contributed by atoms with Crippen LogP contribution in [0.4, 0.5) is 0 Å². The average Bonchev–Trinajstić information content (AvgIpc) is 2.86. The normalized spacial score (nSPS) is 12.7. The topological polar surface area (TPSA) is 74.2 Å². The van der Waals surface area contributed by atoms with Crippen molar-refractivity contribution in [3.05, 3.63) is 90.5 Å². The first-order chi connectivity index (χ1) is 16.6. The zero-order chi connectivity index (χ0) is 23.9. The van der Waals surface area contributed by atoms with Crippen LogP contribution in [0.1, 0.15) is 50.5 Å². The molecule has 0 radical (unpaired) electrons. The van der Waals surface area contributed by atoms with E-state index in [4.69, 9.17) is 18.6 Å². The molecule has 3 aromatic rings. The van der Waals surface area contributed by atoms with Gasteiger partial charge in [0, 0.05) is 0 Å². The molecule has 0 aliphatic rings. The van der Waals surface area contributed by atoms with Crippen molar-refractivity contribution in [2.45, 2.75) is 51.4 Å². The molecular formula is C27H33O6P. The highest BCUT2D eigenvalue weighted by atomic mass is 31.2. The van der Waals surface area contributed by atoms with Gasteiger partial charge >= 0.3 is 7.82 Å². The Balaban J connectivity index is 1.34. The fraction of sp³-hybridized carbons (Fsp3) is 0.333. The van der Waals surface area contributed by atoms with E-state index in [0.717, 1.165) is 25.7 Å². The summed E-state index contributed by atoms with van der Waals surface area (Å²) in [5, 5.41) is 9.37. The summed E-state index contributed by atoms with van der Waals surface area (Å²) in [6.45, 7) is 0.233. The second kappa shape index (κ2) is 14.5. The van der Waals surface area contributed by atoms with Crippen molar-refractivity contribution < 1.29 is 28.3 Å². The van der Waals surface area contributed by atoms with Gasteiger partial charge in [-0.1, -0.05) is 85.3 Å². The summed E-state index contributed by atoms with van der Waals surface area (Å²) < 4.78 is 29.2. The number of phenolic OH excluding ortho intramolecular Hbond substituents is 1. The number of phosphoric acid groups is 1. The first-order valence-corrected chi connectivity index (χ1v) is 13.3. The maximum atomic E-state index is 13.1. The molecule has 0 aliphatic carbocycles. The molecule has 0 fully saturated rings. The Kier molecular flexibility index (Phi) is 11.0. The molecule has 7 heteroatoms. The van der Waals surface area contributed by atoms with E-state index in [2.05, 4.69) is 30.3 Å². The van der Waals surface area contributed by atoms with Crippen LogP contribution in [0.3, 0.4) is 0 Å². The molecule has 3 rings (SSSR count). The van der Waals surface area contributed by atoms with Crippen LogP contribution in [-0.2, 0) is 20.2 Å². The minimum absolute atomic E-state index is 0.0866. The zero-order valence-corrected chi connectivity index (χ0v) is 20.3. The van der Waals surface area contributed by atoms with E-state index in [-0.39, 0.29) is 18.1 Å². The van der Waals surface area contributed by atoms with Crippen LogP contribution in [0.15, 0.2) is 84.9 Å². The smallest absolute Gasteiger partial charge is 0.508 e. The fourth-order valence-corrected chi connectivity index (χ4v) is 4.44. The Morgan fingerprint density at radius 1 is 0.647 bits per heavy atom. The molecule has 6 nitrogen and oxygen atoms in total. The van der Waals surface area contributed by atoms with E-state index in [0.29, 0.717) is 5.75 Å². The van der Waals surface area contributed by atoms with Crippen LogP contribution in [0.25, 0.3) is 0 Å². The standard InChI is InChI=1S/C27H33O6P/c28-25-19-21-26(22-20-25)31-33-34(29,32-27-17-11-7-12-18-27)30-23-13-5-3-1-2-4-8-14-24-15-9-6-10-16-24/h6-7,9-12,15-22,28H,1-5,8,13-14,23H2. The summed E-state index contributed by atoms with van der Waals surface area (Å²) in [6, 6.07) is 25.1. The third kappa shape index (κ3) is 10.0. The number of hydrogen-bond donors (Lipinski definition) is 1. The van der Waals surface area contributed by atoms with Crippen LogP contribution >= 0.6 is 7.82 Å². The Morgan fingerprint density at radius 2 is 1.24 bits per heavy atom. The molecule has 0 bridgehead atoms. The van der Waals surface area contributed by atoms with Gasteiger partial charge in [0.15, 0.2) is 5.75 Å². The number of phenols is 1. The van der Waals surface area contributed by atoms with Crippen molar-refractivity contribution in [2.24, 2.45) is 0 Å². The predicted octanol–water partition coefficient (Wildman–Crippen LogP) is 7.88. The molecule has 34 heavy (non-hydrogen) atoms. The molecule has 0 aromatic heterocycles. The number of benzene rings is 3. The highest BCUT2D eigenvalue weighted by molar-refractivity contribution is 7.48. The van der Waals surface area contributed by atoms with Crippen LogP contribution < -0.4 is 9.41 Å². The number of para-hydroxylation sites is 1. The Morgan fingerprint density at radius 3 is 1.91 bits per heavy atom. The maximum absolute atomic E-state index is 13.1. The van der Waals surface area contributed by atoms with Gasteiger partial charge in [-0.3, -0.25) is 4.52 Å². The van der Waals surface area contributed by atoms with Crippen molar-refractivity contribution in [3.8, 4) is 17.2 Å². The number of rotatable bonds is 16. The summed E-state index contributed by atoms with van der Waals surface area (Å²) in [5.74, 6) is 0.713. The van der Waals surface area contributed by atoms with Crippen molar-refractivity contribution >= 4 is 7.82 Å². The molecule has 1 atom stereocenters. The molecule has 0 spiro atoms. The Labute approximate surface area is 202 Å². The summed E-state index contributed by atoms with van der Waals surface area (Å²) in [4.78, 5) is 5.14. The van der Waals surface area contributed by atoms with Crippen LogP contribution in [-0.4, -0.2) is 11.7 Å². The fourth-order valence-electron chi connectivity index (χ4n) is 3.40. The lowest BCUT2D eigenvalue weighted by Gasteiger charge is -2.17. The summed E-state index contributed by atoms with van der Waals surface area (Å²) >= 11 is 0. The molecular weight excluding hydrogens is 451 g/mol. The Bertz CT molecular complexity index is 979. The van der Waals surface area contributed by atoms with E-state index in [1.807, 2.05) is 6.07 Å². The van der Waals surface area contributed by atoms with Crippen LogP contribution in [0.5, 0.6) is 17.2 Å². The third-order valence-electron chi connectivity index (χ3n) is 5.22. The summed E-state index contributed by atoms with van der Waals surface area (Å²) in [7, 11) is -4.00. The summed E-state index contributed by atoms with van der Waals surface area (Å²) in [5.41, 5.74) is 1.40. The molecule has 0 aliphatic heterocycles. The number of unbranched alkanes of at least 4 members (excludes halogenated alkanes) is 6. The van der Waals surface area contributed by atoms with E-state index in [9.17, 15) is 9.67 Å². The van der Waals surface area contributed by atoms with Gasteiger partial charge in [0.05, 0.1) is 6.61 Å². The minimum atomic E-state index is -4.00. The van der Waals surface area contributed by atoms with Crippen molar-refractivity contribution in [1.82, 2.24) is 0 Å². The van der Waals surface area contributed by atoms with Gasteiger partial charge in [-0.25, -0.2) is 4.57 Å². The summed E-state index contributed by atoms with van der Waals surface area (Å²) in [6.07, 6.45) is 8.79. The lowest BCUT2D eigenvalue weighted by atomic mass is 10.0. The number of aromatic hydroxyl groups is 1. The third-order valence-corrected chi connectivity index (χ3v) is 6.41. The van der Waals surface area contributed by atoms with Crippen molar-refractivity contribution in [2.75, 3.05) is 6.61 Å². The number of aryl methyl sites for hydroxylation is 1. The van der Waals surface area contributed by atoms with Gasteiger partial charge in [0.1, 0.15) is 11.5 Å². The van der Waals surface area contributed by atoms with Gasteiger partial charge in [-0.15, -0.1) is 0 Å². The molecule has 3 aromatic carbocycles. The van der Waals surface area contributed by atoms with E-state index in [1.165, 1.54) is 55.5 Å². The van der Waals surface area contributed by atoms with Gasteiger partial charge < -0.3 is 14.5 Å². The quantitative estimate of drug-likeness (QED) is 0.0965. The maximum Gasteiger partial charge on any atom is 0.566 e. The average molecular weight is 485 g/mol. The lowest BCUT2D eigenvalue weighted by molar-refractivity contribution is -0.125. The number of phosphoric ester groups is 1. The van der Waals surface area contributed by atoms with Crippen LogP contribution in [0, 0.1) is 0 Å². The van der Waals surface area contributed by atoms with Gasteiger partial charge in [0.2, 0.25) is 0 Å². The van der Waals surface area contributed by atoms with Gasteiger partial charge in [-0.05, 0) is 61.2 Å². The van der Waals surface area contributed by atoms with E-state index in [1.54, 1.807) is 24.3 Å². The Hall–Kier alpha value is -2.79. The number of hydrogen-bond acceptors (Lipinski definition) is 6. The first kappa shape index (κ1) is 25.8. The SMILES string of the molecule is O=P(OCCCCCCCCCc1ccccc1)(OOc1ccc(O)cc1)Oc1ccccc1. The highest BCUT2D eigenvalue weighted by Gasteiger charge is 2.31. The monoisotopic (exact) mass is 484 g/mol. The largest absolute Gasteiger partial charge is 0.566 e. The molecule has 1 unspecified atom stereocenters. The molecule has 182 valence electrons. The second-order valence-corrected chi connectivity index (χ2v) is 9.53. The molecule has 1 N–H and O–H groups in total. The lowest BCUT2D eigenvalue weighted by Crippen LogP contribution is -2.06. The molecule has 0 heterocycles. The first-order valence-electron chi connectivity index (χ1n) is 11.8. The molecule has 0 saturated heterocycles. The van der Waals surface area contributed by atoms with E-state index < -0.39 is 7.82 Å².